The van der Waals surface area contributed by atoms with Gasteiger partial charge in [0.1, 0.15) is 7.85 Å². The zero-order valence-corrected chi connectivity index (χ0v) is 24.0. The van der Waals surface area contributed by atoms with Crippen molar-refractivity contribution < 1.29 is 14.0 Å². The maximum Gasteiger partial charge on any atom is 0.277 e. The SMILES string of the molecule is Bc1ccc(Nc2c(C(=O)NOCC3CC3)cc(NCCCN3CCN(c4ccncc4)CC3)c(N)c2F)c(Cl)c1. The highest BCUT2D eigenvalue weighted by atomic mass is 35.5. The molecule has 5 rings (SSSR count). The molecule has 0 bridgehead atoms. The van der Waals surface area contributed by atoms with Crippen molar-refractivity contribution in [2.24, 2.45) is 5.92 Å². The third kappa shape index (κ3) is 7.61. The summed E-state index contributed by atoms with van der Waals surface area (Å²) in [6.45, 7) is 5.74. The highest BCUT2D eigenvalue weighted by molar-refractivity contribution is 6.37. The number of hydrogen-bond donors (Lipinski definition) is 4. The highest BCUT2D eigenvalue weighted by Crippen LogP contribution is 2.36. The van der Waals surface area contributed by atoms with Crippen LogP contribution in [0.3, 0.4) is 0 Å². The summed E-state index contributed by atoms with van der Waals surface area (Å²) in [5.41, 5.74) is 11.6. The van der Waals surface area contributed by atoms with Crippen LogP contribution in [-0.2, 0) is 4.84 Å². The zero-order chi connectivity index (χ0) is 28.8. The molecule has 0 radical (unpaired) electrons. The summed E-state index contributed by atoms with van der Waals surface area (Å²) in [5.74, 6) is -0.838. The Kier molecular flexibility index (Phi) is 9.48. The molecule has 1 amide bonds. The Balaban J connectivity index is 1.22. The largest absolute Gasteiger partial charge is 0.395 e. The third-order valence-electron chi connectivity index (χ3n) is 7.48. The van der Waals surface area contributed by atoms with E-state index in [9.17, 15) is 4.79 Å². The first-order valence-electron chi connectivity index (χ1n) is 14.1. The number of pyridine rings is 1. The van der Waals surface area contributed by atoms with Gasteiger partial charge in [-0.3, -0.25) is 19.5 Å². The predicted octanol–water partition coefficient (Wildman–Crippen LogP) is 3.15. The number of carbonyl (C=O) groups excluding carboxylic acids is 1. The van der Waals surface area contributed by atoms with Gasteiger partial charge in [-0.05, 0) is 62.1 Å². The number of nitrogens with one attached hydrogen (secondary N) is 3. The number of rotatable bonds is 12. The Morgan fingerprint density at radius 3 is 2.59 bits per heavy atom. The molecule has 1 aliphatic heterocycles. The summed E-state index contributed by atoms with van der Waals surface area (Å²) < 4.78 is 15.7. The number of nitrogens with two attached hydrogens (primary N) is 1. The van der Waals surface area contributed by atoms with Crippen molar-refractivity contribution in [3.63, 3.8) is 0 Å². The van der Waals surface area contributed by atoms with Gasteiger partial charge in [0.2, 0.25) is 0 Å². The minimum atomic E-state index is -0.730. The molecule has 216 valence electrons. The van der Waals surface area contributed by atoms with Crippen LogP contribution in [0.1, 0.15) is 29.6 Å². The van der Waals surface area contributed by atoms with Gasteiger partial charge < -0.3 is 21.3 Å². The number of benzene rings is 2. The maximum atomic E-state index is 15.7. The number of anilines is 5. The van der Waals surface area contributed by atoms with Crippen molar-refractivity contribution in [3.8, 4) is 0 Å². The average Bonchev–Trinajstić information content (AvgIpc) is 3.81. The van der Waals surface area contributed by atoms with Gasteiger partial charge in [-0.2, -0.15) is 0 Å². The fourth-order valence-corrected chi connectivity index (χ4v) is 5.13. The second-order valence-corrected chi connectivity index (χ2v) is 11.1. The van der Waals surface area contributed by atoms with E-state index in [0.717, 1.165) is 57.4 Å². The molecular weight excluding hydrogens is 544 g/mol. The van der Waals surface area contributed by atoms with Crippen LogP contribution in [0, 0.1) is 11.7 Å². The monoisotopic (exact) mass is 579 g/mol. The molecule has 0 spiro atoms. The van der Waals surface area contributed by atoms with Gasteiger partial charge in [0.05, 0.1) is 39.9 Å². The highest BCUT2D eigenvalue weighted by Gasteiger charge is 2.25. The number of halogens is 2. The van der Waals surface area contributed by atoms with Gasteiger partial charge in [0.15, 0.2) is 5.82 Å². The lowest BCUT2D eigenvalue weighted by molar-refractivity contribution is 0.0271. The summed E-state index contributed by atoms with van der Waals surface area (Å²) in [4.78, 5) is 27.4. The molecular formula is C29H36BClFN7O2. The van der Waals surface area contributed by atoms with Crippen LogP contribution in [0.4, 0.5) is 32.8 Å². The smallest absolute Gasteiger partial charge is 0.277 e. The number of hydroxylamine groups is 1. The van der Waals surface area contributed by atoms with Crippen molar-refractivity contribution in [1.29, 1.82) is 0 Å². The van der Waals surface area contributed by atoms with Crippen molar-refractivity contribution >= 4 is 59.3 Å². The first-order valence-corrected chi connectivity index (χ1v) is 14.5. The van der Waals surface area contributed by atoms with E-state index in [2.05, 4.69) is 30.9 Å². The summed E-state index contributed by atoms with van der Waals surface area (Å²) >= 11 is 6.38. The fraction of sp³-hybridized carbons (Fsp3) is 0.379. The van der Waals surface area contributed by atoms with Gasteiger partial charge in [-0.15, -0.1) is 0 Å². The molecule has 0 unspecified atom stereocenters. The number of nitrogens with zero attached hydrogens (tertiary/aromatic N) is 3. The molecule has 1 saturated carbocycles. The van der Waals surface area contributed by atoms with Crippen LogP contribution in [0.25, 0.3) is 0 Å². The minimum absolute atomic E-state index is 0.0570. The van der Waals surface area contributed by atoms with Gasteiger partial charge in [0, 0.05) is 50.8 Å². The molecule has 9 nitrogen and oxygen atoms in total. The average molecular weight is 580 g/mol. The molecule has 41 heavy (non-hydrogen) atoms. The quantitative estimate of drug-likeness (QED) is 0.112. The van der Waals surface area contributed by atoms with E-state index in [-0.39, 0.29) is 16.9 Å². The first-order chi connectivity index (χ1) is 19.9. The fourth-order valence-electron chi connectivity index (χ4n) is 4.84. The number of piperazine rings is 1. The molecule has 3 aromatic rings. The summed E-state index contributed by atoms with van der Waals surface area (Å²) in [6, 6.07) is 11.0. The van der Waals surface area contributed by atoms with Crippen LogP contribution >= 0.6 is 11.6 Å². The van der Waals surface area contributed by atoms with Crippen molar-refractivity contribution in [2.45, 2.75) is 19.3 Å². The molecule has 2 heterocycles. The van der Waals surface area contributed by atoms with Crippen LogP contribution in [0.2, 0.25) is 5.02 Å². The standard InChI is InChI=1S/C29H36BClFN7O2/c30-20-4-5-24(23(31)16-20)36-28-22(29(40)37-41-18-19-2-3-19)17-25(27(33)26(28)32)35-8-1-11-38-12-14-39(15-13-38)21-6-9-34-10-7-21/h4-7,9-10,16-17,19,35-36H,1-3,8,11-15,18,30,33H2,(H,37,40). The normalized spacial score (nSPS) is 15.5. The van der Waals surface area contributed by atoms with E-state index in [4.69, 9.17) is 22.2 Å². The lowest BCUT2D eigenvalue weighted by Crippen LogP contribution is -2.46. The molecule has 2 aromatic carbocycles. The Labute approximate surface area is 245 Å². The van der Waals surface area contributed by atoms with E-state index in [1.807, 2.05) is 38.4 Å². The minimum Gasteiger partial charge on any atom is -0.395 e. The topological polar surface area (TPSA) is 108 Å². The Morgan fingerprint density at radius 2 is 1.88 bits per heavy atom. The Morgan fingerprint density at radius 1 is 1.12 bits per heavy atom. The predicted molar refractivity (Wildman–Crippen MR) is 166 cm³/mol. The van der Waals surface area contributed by atoms with Gasteiger partial charge in [0.25, 0.3) is 5.91 Å². The molecule has 0 atom stereocenters. The van der Waals surface area contributed by atoms with Crippen LogP contribution in [0.15, 0.2) is 48.8 Å². The van der Waals surface area contributed by atoms with Gasteiger partial charge in [-0.25, -0.2) is 9.87 Å². The molecule has 2 aliphatic rings. The number of carbonyl (C=O) groups is 1. The number of amides is 1. The zero-order valence-electron chi connectivity index (χ0n) is 23.3. The Hall–Kier alpha value is -3.54. The number of nitrogen functional groups attached to an aromatic ring is 1. The summed E-state index contributed by atoms with van der Waals surface area (Å²) in [7, 11) is 1.91. The van der Waals surface area contributed by atoms with Crippen molar-refractivity contribution in [2.75, 3.05) is 67.1 Å². The third-order valence-corrected chi connectivity index (χ3v) is 7.79. The summed E-state index contributed by atoms with van der Waals surface area (Å²) in [5, 5.41) is 6.62. The molecule has 1 saturated heterocycles. The number of hydrogen-bond acceptors (Lipinski definition) is 8. The van der Waals surface area contributed by atoms with Crippen molar-refractivity contribution in [3.05, 3.63) is 65.2 Å². The second kappa shape index (κ2) is 13.4. The van der Waals surface area contributed by atoms with Crippen LogP contribution in [0.5, 0.6) is 0 Å². The number of aromatic nitrogens is 1. The van der Waals surface area contributed by atoms with Crippen molar-refractivity contribution in [1.82, 2.24) is 15.4 Å². The van der Waals surface area contributed by atoms with E-state index in [0.29, 0.717) is 35.5 Å². The maximum absolute atomic E-state index is 15.7. The van der Waals surface area contributed by atoms with E-state index in [1.54, 1.807) is 18.2 Å². The van der Waals surface area contributed by atoms with Crippen LogP contribution < -0.4 is 32.2 Å². The van der Waals surface area contributed by atoms with E-state index < -0.39 is 11.7 Å². The first kappa shape index (κ1) is 29.0. The van der Waals surface area contributed by atoms with E-state index >= 15 is 4.39 Å². The second-order valence-electron chi connectivity index (χ2n) is 10.7. The Bertz CT molecular complexity index is 1350. The molecule has 1 aliphatic carbocycles. The lowest BCUT2D eigenvalue weighted by atomic mass is 9.96. The molecule has 5 N–H and O–H groups in total. The van der Waals surface area contributed by atoms with Crippen LogP contribution in [-0.4, -0.2) is 69.5 Å². The molecule has 1 aromatic heterocycles. The molecule has 2 fully saturated rings. The van der Waals surface area contributed by atoms with Gasteiger partial charge >= 0.3 is 0 Å². The van der Waals surface area contributed by atoms with E-state index in [1.165, 1.54) is 5.69 Å². The molecule has 12 heteroatoms. The lowest BCUT2D eigenvalue weighted by Gasteiger charge is -2.36. The van der Waals surface area contributed by atoms with Gasteiger partial charge in [-0.1, -0.05) is 23.1 Å². The summed E-state index contributed by atoms with van der Waals surface area (Å²) in [6.07, 6.45) is 6.64.